The molecule has 1 heterocycles. The van der Waals surface area contributed by atoms with Crippen LogP contribution in [0.2, 0.25) is 0 Å². The van der Waals surface area contributed by atoms with Crippen molar-refractivity contribution in [2.75, 3.05) is 13.1 Å². The second-order valence-corrected chi connectivity index (χ2v) is 21.3. The van der Waals surface area contributed by atoms with E-state index >= 15 is 0 Å². The second-order valence-electron chi connectivity index (χ2n) is 21.3. The van der Waals surface area contributed by atoms with Gasteiger partial charge in [-0.3, -0.25) is 43.2 Å². The molecular weight excluding hydrogens is 929 g/mol. The quantitative estimate of drug-likeness (QED) is 0.0500. The van der Waals surface area contributed by atoms with Crippen LogP contribution in [-0.2, 0) is 52.7 Å². The first-order chi connectivity index (χ1) is 33.8. The summed E-state index contributed by atoms with van der Waals surface area (Å²) >= 11 is 0. The number of carbonyl (C=O) groups excluding carboxylic acids is 9. The maximum absolute atomic E-state index is 14.5. The molecule has 1 saturated heterocycles. The van der Waals surface area contributed by atoms with E-state index in [2.05, 4.69) is 38.8 Å². The van der Waals surface area contributed by atoms with Crippen LogP contribution in [0, 0.1) is 29.6 Å². The Labute approximate surface area is 428 Å². The average Bonchev–Trinajstić information content (AvgIpc) is 3.27. The molecule has 9 N–H and O–H groups in total. The molecule has 8 amide bonds. The van der Waals surface area contributed by atoms with Crippen LogP contribution in [0.4, 0.5) is 0 Å². The molecule has 0 aliphatic carbocycles. The molecule has 1 aliphatic rings. The third-order valence-corrected chi connectivity index (χ3v) is 12.6. The normalized spacial score (nSPS) is 23.6. The lowest BCUT2D eigenvalue weighted by Crippen LogP contribution is -2.60. The third kappa shape index (κ3) is 25.9. The summed E-state index contributed by atoms with van der Waals surface area (Å²) in [4.78, 5) is 138. The number of nitrogens with two attached hydrogens (primary N) is 1. The Morgan fingerprint density at radius 1 is 0.611 bits per heavy atom. The third-order valence-electron chi connectivity index (χ3n) is 12.6. The van der Waals surface area contributed by atoms with Crippen molar-refractivity contribution in [3.05, 3.63) is 0 Å². The molecular formula is C52H92N8O12. The summed E-state index contributed by atoms with van der Waals surface area (Å²) in [6.07, 6.45) is 7.06. The summed E-state index contributed by atoms with van der Waals surface area (Å²) < 4.78 is 6.08. The van der Waals surface area contributed by atoms with Gasteiger partial charge in [0, 0.05) is 13.0 Å². The van der Waals surface area contributed by atoms with E-state index in [0.717, 1.165) is 38.5 Å². The molecule has 20 nitrogen and oxygen atoms in total. The lowest BCUT2D eigenvalue weighted by Gasteiger charge is -2.31. The molecule has 0 spiro atoms. The molecule has 8 atom stereocenters. The van der Waals surface area contributed by atoms with E-state index in [1.807, 2.05) is 34.6 Å². The van der Waals surface area contributed by atoms with Gasteiger partial charge in [-0.05, 0) is 61.7 Å². The van der Waals surface area contributed by atoms with Crippen molar-refractivity contribution in [3.8, 4) is 0 Å². The number of hydrogen-bond acceptors (Lipinski definition) is 11. The number of cyclic esters (lactones) is 1. The van der Waals surface area contributed by atoms with Crippen LogP contribution in [0.25, 0.3) is 0 Å². The van der Waals surface area contributed by atoms with Crippen LogP contribution in [0.3, 0.4) is 0 Å². The van der Waals surface area contributed by atoms with Crippen molar-refractivity contribution in [1.82, 2.24) is 36.8 Å². The van der Waals surface area contributed by atoms with E-state index in [9.17, 15) is 53.1 Å². The number of primary amides is 1. The minimum absolute atomic E-state index is 0.0494. The van der Waals surface area contributed by atoms with Gasteiger partial charge in [-0.25, -0.2) is 4.79 Å². The average molecular weight is 1020 g/mol. The van der Waals surface area contributed by atoms with Crippen LogP contribution in [-0.4, -0.2) is 125 Å². The highest BCUT2D eigenvalue weighted by Crippen LogP contribution is 2.19. The Kier molecular flexibility index (Phi) is 30.7. The number of carboxylic acid groups (broad SMARTS) is 1. The molecule has 0 radical (unpaired) electrons. The highest BCUT2D eigenvalue weighted by Gasteiger charge is 2.37. The predicted molar refractivity (Wildman–Crippen MR) is 273 cm³/mol. The van der Waals surface area contributed by atoms with Crippen molar-refractivity contribution >= 4 is 59.2 Å². The lowest BCUT2D eigenvalue weighted by atomic mass is 9.97. The number of nitrogens with zero attached hydrogens (tertiary/aromatic N) is 1. The molecule has 20 heteroatoms. The molecule has 0 aromatic heterocycles. The van der Waals surface area contributed by atoms with Crippen LogP contribution in [0.5, 0.6) is 0 Å². The van der Waals surface area contributed by atoms with E-state index in [1.165, 1.54) is 17.7 Å². The smallest absolute Gasteiger partial charge is 0.329 e. The molecule has 1 aliphatic heterocycles. The first kappa shape index (κ1) is 64.7. The Balaban J connectivity index is 3.99. The lowest BCUT2D eigenvalue weighted by molar-refractivity contribution is -0.156. The number of ether oxygens (including phenoxy) is 1. The van der Waals surface area contributed by atoms with Crippen LogP contribution in [0.1, 0.15) is 185 Å². The highest BCUT2D eigenvalue weighted by molar-refractivity contribution is 5.98. The number of carbonyl (C=O) groups is 10. The number of amides is 8. The van der Waals surface area contributed by atoms with Gasteiger partial charge in [-0.1, -0.05) is 134 Å². The van der Waals surface area contributed by atoms with Crippen LogP contribution < -0.4 is 37.6 Å². The van der Waals surface area contributed by atoms with Gasteiger partial charge < -0.3 is 52.4 Å². The molecule has 412 valence electrons. The molecule has 0 aromatic carbocycles. The van der Waals surface area contributed by atoms with Gasteiger partial charge in [-0.15, -0.1) is 0 Å². The molecule has 1 rings (SSSR count). The minimum atomic E-state index is -1.71. The van der Waals surface area contributed by atoms with E-state index in [1.54, 1.807) is 34.6 Å². The number of carboxylic acids is 1. The summed E-state index contributed by atoms with van der Waals surface area (Å²) in [6, 6.07) is -8.17. The van der Waals surface area contributed by atoms with Crippen molar-refractivity contribution in [1.29, 1.82) is 0 Å². The maximum Gasteiger partial charge on any atom is 0.329 e. The summed E-state index contributed by atoms with van der Waals surface area (Å²) in [5.41, 5.74) is 5.50. The zero-order chi connectivity index (χ0) is 54.7. The fourth-order valence-electron chi connectivity index (χ4n) is 8.47. The number of rotatable bonds is 24. The van der Waals surface area contributed by atoms with Crippen LogP contribution in [0.15, 0.2) is 0 Å². The second kappa shape index (κ2) is 34.2. The summed E-state index contributed by atoms with van der Waals surface area (Å²) in [7, 11) is 0. The Bertz CT molecular complexity index is 1770. The van der Waals surface area contributed by atoms with Gasteiger partial charge in [0.25, 0.3) is 0 Å². The van der Waals surface area contributed by atoms with E-state index in [0.29, 0.717) is 12.8 Å². The van der Waals surface area contributed by atoms with Gasteiger partial charge in [0.15, 0.2) is 0 Å². The standard InChI is InChI=1S/C52H92N8O12/c1-12-14-15-16-17-18-19-20-21-22-36-27-42(62)54-37(23-24-41(53)61)47(66)57-40(26-32(5)6)51(70)60(29-33(7)8)30-43(63)58-45(34(9)10)50(69)56-39(28-44(64)65)48(67)55-38(25-31(3)4)49(68)59-46(35(11)13-2)52(71)72-36/h31-40,45-46H,12-30H2,1-11H3,(H2,53,61)(H,54,62)(H,55,67)(H,56,69)(H,57,66)(H,58,63)(H,59,68)(H,64,65). The van der Waals surface area contributed by atoms with Gasteiger partial charge in [-0.2, -0.15) is 0 Å². The molecule has 1 fully saturated rings. The zero-order valence-corrected chi connectivity index (χ0v) is 45.3. The fourth-order valence-corrected chi connectivity index (χ4v) is 8.47. The van der Waals surface area contributed by atoms with E-state index < -0.39 is 133 Å². The topological polar surface area (TPSA) is 302 Å². The van der Waals surface area contributed by atoms with Crippen molar-refractivity contribution in [2.24, 2.45) is 35.3 Å². The zero-order valence-electron chi connectivity index (χ0n) is 45.3. The number of esters is 1. The summed E-state index contributed by atoms with van der Waals surface area (Å²) in [5.74, 6) is -10.2. The minimum Gasteiger partial charge on any atom is -0.481 e. The number of unbranched alkanes of at least 4 members (excludes halogenated alkanes) is 8. The number of hydrogen-bond donors (Lipinski definition) is 8. The maximum atomic E-state index is 14.5. The molecule has 72 heavy (non-hydrogen) atoms. The number of nitrogens with one attached hydrogen (secondary N) is 6. The Morgan fingerprint density at radius 3 is 1.67 bits per heavy atom. The SMILES string of the molecule is CCCCCCCCCCCC1CC(=O)NC(CCC(N)=O)C(=O)NC(CC(C)C)C(=O)N(CC(C)C)CC(=O)NC(C(C)C)C(=O)NC(CC(=O)O)C(=O)NC(CC(C)C)C(=O)NC(C(C)CC)C(=O)O1. The van der Waals surface area contributed by atoms with Crippen LogP contribution >= 0.6 is 0 Å². The molecule has 0 bridgehead atoms. The molecule has 0 aromatic rings. The Morgan fingerprint density at radius 2 is 1.14 bits per heavy atom. The molecule has 8 unspecified atom stereocenters. The van der Waals surface area contributed by atoms with Gasteiger partial charge in [0.2, 0.25) is 47.3 Å². The number of aliphatic carboxylic acids is 1. The van der Waals surface area contributed by atoms with Crippen molar-refractivity contribution in [3.63, 3.8) is 0 Å². The summed E-state index contributed by atoms with van der Waals surface area (Å²) in [5, 5.41) is 25.7. The fraction of sp³-hybridized carbons (Fsp3) is 0.808. The first-order valence-electron chi connectivity index (χ1n) is 26.6. The van der Waals surface area contributed by atoms with Gasteiger partial charge >= 0.3 is 11.9 Å². The summed E-state index contributed by atoms with van der Waals surface area (Å²) in [6.45, 7) is 19.3. The van der Waals surface area contributed by atoms with E-state index in [-0.39, 0.29) is 56.4 Å². The van der Waals surface area contributed by atoms with Gasteiger partial charge in [0.1, 0.15) is 42.4 Å². The predicted octanol–water partition coefficient (Wildman–Crippen LogP) is 4.15. The Hall–Kier alpha value is -5.30. The van der Waals surface area contributed by atoms with Gasteiger partial charge in [0.05, 0.1) is 19.4 Å². The van der Waals surface area contributed by atoms with Crippen molar-refractivity contribution < 1.29 is 57.8 Å². The largest absolute Gasteiger partial charge is 0.481 e. The van der Waals surface area contributed by atoms with Crippen molar-refractivity contribution in [2.45, 2.75) is 228 Å². The highest BCUT2D eigenvalue weighted by atomic mass is 16.5. The van der Waals surface area contributed by atoms with E-state index in [4.69, 9.17) is 10.5 Å². The monoisotopic (exact) mass is 1020 g/mol. The molecule has 0 saturated carbocycles. The first-order valence-corrected chi connectivity index (χ1v) is 26.6.